The molecule has 0 bridgehead atoms. The van der Waals surface area contributed by atoms with Crippen LogP contribution in [0, 0.1) is 5.92 Å². The molecule has 0 heterocycles. The molecule has 0 aromatic rings. The molecule has 0 spiro atoms. The molecule has 0 rings (SSSR count). The van der Waals surface area contributed by atoms with Crippen molar-refractivity contribution in [2.24, 2.45) is 5.92 Å². The van der Waals surface area contributed by atoms with Gasteiger partial charge in [0, 0.05) is 13.0 Å². The molecule has 0 fully saturated rings. The summed E-state index contributed by atoms with van der Waals surface area (Å²) in [5, 5.41) is 5.39. The number of amides is 2. The Hall–Kier alpha value is -1.26. The highest BCUT2D eigenvalue weighted by Crippen LogP contribution is 2.10. The zero-order valence-corrected chi connectivity index (χ0v) is 11.2. The Balaban J connectivity index is 3.79. The van der Waals surface area contributed by atoms with Gasteiger partial charge in [-0.15, -0.1) is 0 Å². The van der Waals surface area contributed by atoms with Gasteiger partial charge in [0.1, 0.15) is 6.61 Å². The van der Waals surface area contributed by atoms with Crippen LogP contribution in [0.4, 0.5) is 4.79 Å². The van der Waals surface area contributed by atoms with E-state index in [1.807, 2.05) is 6.92 Å². The van der Waals surface area contributed by atoms with Crippen molar-refractivity contribution in [2.45, 2.75) is 46.6 Å². The summed E-state index contributed by atoms with van der Waals surface area (Å²) < 4.78 is 4.95. The Morgan fingerprint density at radius 3 is 2.35 bits per heavy atom. The van der Waals surface area contributed by atoms with Crippen LogP contribution in [0.2, 0.25) is 0 Å². The minimum atomic E-state index is -0.414. The molecule has 0 aliphatic rings. The van der Waals surface area contributed by atoms with Crippen LogP contribution in [0.3, 0.4) is 0 Å². The fourth-order valence-corrected chi connectivity index (χ4v) is 1.50. The Labute approximate surface area is 103 Å². The predicted molar refractivity (Wildman–Crippen MR) is 66.7 cm³/mol. The van der Waals surface area contributed by atoms with Crippen molar-refractivity contribution in [1.29, 1.82) is 0 Å². The van der Waals surface area contributed by atoms with Crippen LogP contribution >= 0.6 is 0 Å². The molecule has 2 N–H and O–H groups in total. The number of alkyl carbamates (subject to hydrolysis) is 1. The lowest BCUT2D eigenvalue weighted by Crippen LogP contribution is -2.40. The number of carbonyl (C=O) groups excluding carboxylic acids is 2. The first-order valence-corrected chi connectivity index (χ1v) is 6.18. The molecule has 0 aliphatic heterocycles. The van der Waals surface area contributed by atoms with Crippen molar-refractivity contribution in [3.8, 4) is 0 Å². The summed E-state index contributed by atoms with van der Waals surface area (Å²) in [5.41, 5.74) is 0. The SMILES string of the molecule is CC[C@@H](C)[C@H](CC)NC(=O)OCCNC(C)=O. The molecule has 0 aromatic carbocycles. The third kappa shape index (κ3) is 7.60. The van der Waals surface area contributed by atoms with Gasteiger partial charge in [-0.1, -0.05) is 27.2 Å². The first-order valence-electron chi connectivity index (χ1n) is 6.18. The van der Waals surface area contributed by atoms with Gasteiger partial charge in [-0.3, -0.25) is 4.79 Å². The van der Waals surface area contributed by atoms with Crippen molar-refractivity contribution in [3.63, 3.8) is 0 Å². The van der Waals surface area contributed by atoms with Crippen molar-refractivity contribution in [2.75, 3.05) is 13.2 Å². The van der Waals surface area contributed by atoms with Gasteiger partial charge in [-0.25, -0.2) is 4.79 Å². The first kappa shape index (κ1) is 15.7. The van der Waals surface area contributed by atoms with Crippen molar-refractivity contribution < 1.29 is 14.3 Å². The molecule has 0 unspecified atom stereocenters. The van der Waals surface area contributed by atoms with Crippen molar-refractivity contribution >= 4 is 12.0 Å². The Morgan fingerprint density at radius 2 is 1.88 bits per heavy atom. The number of rotatable bonds is 7. The summed E-state index contributed by atoms with van der Waals surface area (Å²) >= 11 is 0. The highest BCUT2D eigenvalue weighted by molar-refractivity contribution is 5.72. The lowest BCUT2D eigenvalue weighted by Gasteiger charge is -2.22. The number of carbonyl (C=O) groups is 2. The molecular formula is C12H24N2O3. The summed E-state index contributed by atoms with van der Waals surface area (Å²) in [5.74, 6) is 0.308. The first-order chi connectivity index (χ1) is 8.01. The molecule has 0 aliphatic carbocycles. The lowest BCUT2D eigenvalue weighted by molar-refractivity contribution is -0.119. The average Bonchev–Trinajstić information content (AvgIpc) is 2.30. The smallest absolute Gasteiger partial charge is 0.407 e. The second kappa shape index (κ2) is 8.84. The summed E-state index contributed by atoms with van der Waals surface area (Å²) in [6.45, 7) is 8.21. The van der Waals surface area contributed by atoms with Gasteiger partial charge in [0.2, 0.25) is 5.91 Å². The Bertz CT molecular complexity index is 244. The second-order valence-corrected chi connectivity index (χ2v) is 4.16. The molecule has 0 saturated heterocycles. The maximum atomic E-state index is 11.4. The van der Waals surface area contributed by atoms with Gasteiger partial charge in [0.05, 0.1) is 6.54 Å². The molecule has 2 amide bonds. The van der Waals surface area contributed by atoms with Crippen molar-refractivity contribution in [1.82, 2.24) is 10.6 Å². The van der Waals surface area contributed by atoms with Crippen LogP contribution in [0.5, 0.6) is 0 Å². The molecule has 0 aromatic heterocycles. The van der Waals surface area contributed by atoms with Crippen LogP contribution in [-0.2, 0) is 9.53 Å². The van der Waals surface area contributed by atoms with Crippen LogP contribution in [0.15, 0.2) is 0 Å². The monoisotopic (exact) mass is 244 g/mol. The van der Waals surface area contributed by atoms with Gasteiger partial charge in [-0.05, 0) is 12.3 Å². The number of hydrogen-bond donors (Lipinski definition) is 2. The summed E-state index contributed by atoms with van der Waals surface area (Å²) in [6, 6.07) is 0.147. The minimum Gasteiger partial charge on any atom is -0.448 e. The molecule has 2 atom stereocenters. The third-order valence-electron chi connectivity index (χ3n) is 2.78. The molecule has 5 nitrogen and oxygen atoms in total. The van der Waals surface area contributed by atoms with E-state index in [4.69, 9.17) is 4.74 Å². The number of nitrogens with one attached hydrogen (secondary N) is 2. The Kier molecular flexibility index (Phi) is 8.19. The van der Waals surface area contributed by atoms with E-state index in [0.717, 1.165) is 12.8 Å². The average molecular weight is 244 g/mol. The van der Waals surface area contributed by atoms with Crippen LogP contribution in [0.1, 0.15) is 40.5 Å². The number of hydrogen-bond acceptors (Lipinski definition) is 3. The molecular weight excluding hydrogens is 220 g/mol. The van der Waals surface area contributed by atoms with E-state index < -0.39 is 6.09 Å². The summed E-state index contributed by atoms with van der Waals surface area (Å²) in [6.07, 6.45) is 1.49. The maximum Gasteiger partial charge on any atom is 0.407 e. The fourth-order valence-electron chi connectivity index (χ4n) is 1.50. The van der Waals surface area contributed by atoms with Gasteiger partial charge < -0.3 is 15.4 Å². The van der Waals surface area contributed by atoms with Crippen LogP contribution < -0.4 is 10.6 Å². The van der Waals surface area contributed by atoms with Gasteiger partial charge in [-0.2, -0.15) is 0 Å². The van der Waals surface area contributed by atoms with Gasteiger partial charge in [0.15, 0.2) is 0 Å². The quantitative estimate of drug-likeness (QED) is 0.669. The van der Waals surface area contributed by atoms with E-state index in [-0.39, 0.29) is 18.6 Å². The van der Waals surface area contributed by atoms with Crippen molar-refractivity contribution in [3.05, 3.63) is 0 Å². The van der Waals surface area contributed by atoms with Crippen LogP contribution in [-0.4, -0.2) is 31.2 Å². The highest BCUT2D eigenvalue weighted by Gasteiger charge is 2.16. The maximum absolute atomic E-state index is 11.4. The zero-order chi connectivity index (χ0) is 13.3. The second-order valence-electron chi connectivity index (χ2n) is 4.16. The van der Waals surface area contributed by atoms with Crippen LogP contribution in [0.25, 0.3) is 0 Å². The van der Waals surface area contributed by atoms with E-state index >= 15 is 0 Å². The van der Waals surface area contributed by atoms with E-state index in [0.29, 0.717) is 12.5 Å². The third-order valence-corrected chi connectivity index (χ3v) is 2.78. The normalized spacial score (nSPS) is 13.6. The van der Waals surface area contributed by atoms with E-state index in [2.05, 4.69) is 24.5 Å². The van der Waals surface area contributed by atoms with Gasteiger partial charge in [0.25, 0.3) is 0 Å². The van der Waals surface area contributed by atoms with E-state index in [1.165, 1.54) is 6.92 Å². The molecule has 17 heavy (non-hydrogen) atoms. The lowest BCUT2D eigenvalue weighted by atomic mass is 9.97. The highest BCUT2D eigenvalue weighted by atomic mass is 16.5. The number of ether oxygens (including phenoxy) is 1. The zero-order valence-electron chi connectivity index (χ0n) is 11.2. The van der Waals surface area contributed by atoms with Gasteiger partial charge >= 0.3 is 6.09 Å². The summed E-state index contributed by atoms with van der Waals surface area (Å²) in [4.78, 5) is 22.0. The fraction of sp³-hybridized carbons (Fsp3) is 0.833. The molecule has 5 heteroatoms. The topological polar surface area (TPSA) is 67.4 Å². The van der Waals surface area contributed by atoms with E-state index in [9.17, 15) is 9.59 Å². The predicted octanol–water partition coefficient (Wildman–Crippen LogP) is 1.67. The molecule has 0 saturated carbocycles. The molecule has 0 radical (unpaired) electrons. The Morgan fingerprint density at radius 1 is 1.24 bits per heavy atom. The molecule has 100 valence electrons. The summed E-state index contributed by atoms with van der Waals surface area (Å²) in [7, 11) is 0. The largest absolute Gasteiger partial charge is 0.448 e. The standard InChI is InChI=1S/C12H24N2O3/c1-5-9(3)11(6-2)14-12(16)17-8-7-13-10(4)15/h9,11H,5-8H2,1-4H3,(H,13,15)(H,14,16)/t9-,11+/m1/s1. The minimum absolute atomic E-state index is 0.125. The van der Waals surface area contributed by atoms with E-state index in [1.54, 1.807) is 0 Å².